The van der Waals surface area contributed by atoms with Gasteiger partial charge in [-0.15, -0.1) is 0 Å². The Morgan fingerprint density at radius 3 is 2.00 bits per heavy atom. The van der Waals surface area contributed by atoms with E-state index in [1.807, 2.05) is 91.9 Å². The molecule has 0 aliphatic heterocycles. The Hall–Kier alpha value is -2.96. The molecule has 0 fully saturated rings. The number of anilines is 1. The molecule has 31 heavy (non-hydrogen) atoms. The number of carbonyl (C=O) groups is 1. The molecule has 0 unspecified atom stereocenters. The van der Waals surface area contributed by atoms with Gasteiger partial charge in [-0.2, -0.15) is 0 Å². The minimum Gasteiger partial charge on any atom is -0.325 e. The topological polar surface area (TPSA) is 54.9 Å². The molecule has 0 radical (unpaired) electrons. The van der Waals surface area contributed by atoms with Gasteiger partial charge in [-0.05, 0) is 36.8 Å². The Kier molecular flexibility index (Phi) is 6.79. The SMILES string of the molecule is Cc1cc(NC(=O)CSc2nc(-c3ccccc3)cc(-c3ccccc3)n2)ccc1Br. The molecule has 4 rings (SSSR count). The zero-order chi connectivity index (χ0) is 21.6. The predicted octanol–water partition coefficient (Wildman–Crippen LogP) is 6.61. The van der Waals surface area contributed by atoms with Gasteiger partial charge in [0.05, 0.1) is 17.1 Å². The van der Waals surface area contributed by atoms with Gasteiger partial charge >= 0.3 is 0 Å². The maximum Gasteiger partial charge on any atom is 0.234 e. The second-order valence-corrected chi connectivity index (χ2v) is 8.75. The standard InChI is InChI=1S/C25H20BrN3OS/c1-17-14-20(12-13-21(17)26)27-24(30)16-31-25-28-22(18-8-4-2-5-9-18)15-23(29-25)19-10-6-3-7-11-19/h2-15H,16H2,1H3,(H,27,30). The van der Waals surface area contributed by atoms with Crippen LogP contribution in [0.3, 0.4) is 0 Å². The number of aromatic nitrogens is 2. The summed E-state index contributed by atoms with van der Waals surface area (Å²) in [4.78, 5) is 21.9. The number of nitrogens with one attached hydrogen (secondary N) is 1. The molecule has 0 saturated carbocycles. The molecule has 0 aliphatic rings. The van der Waals surface area contributed by atoms with Gasteiger partial charge in [-0.25, -0.2) is 9.97 Å². The number of benzene rings is 3. The fourth-order valence-corrected chi connectivity index (χ4v) is 3.96. The molecule has 4 nitrogen and oxygen atoms in total. The summed E-state index contributed by atoms with van der Waals surface area (Å²) in [6.07, 6.45) is 0. The van der Waals surface area contributed by atoms with Crippen LogP contribution in [0.1, 0.15) is 5.56 Å². The number of carbonyl (C=O) groups excluding carboxylic acids is 1. The molecular formula is C25H20BrN3OS. The molecule has 1 N–H and O–H groups in total. The summed E-state index contributed by atoms with van der Waals surface area (Å²) < 4.78 is 1.01. The highest BCUT2D eigenvalue weighted by Crippen LogP contribution is 2.27. The number of rotatable bonds is 6. The van der Waals surface area contributed by atoms with Gasteiger partial charge in [0.2, 0.25) is 5.91 Å². The first-order valence-corrected chi connectivity index (χ1v) is 11.5. The van der Waals surface area contributed by atoms with Crippen LogP contribution >= 0.6 is 27.7 Å². The van der Waals surface area contributed by atoms with Crippen molar-refractivity contribution in [2.45, 2.75) is 12.1 Å². The van der Waals surface area contributed by atoms with Gasteiger partial charge in [-0.3, -0.25) is 4.79 Å². The molecular weight excluding hydrogens is 470 g/mol. The number of hydrogen-bond donors (Lipinski definition) is 1. The Balaban J connectivity index is 1.55. The second kappa shape index (κ2) is 9.90. The minimum atomic E-state index is -0.0957. The zero-order valence-electron chi connectivity index (χ0n) is 16.9. The number of hydrogen-bond acceptors (Lipinski definition) is 4. The van der Waals surface area contributed by atoms with Gasteiger partial charge in [-0.1, -0.05) is 88.4 Å². The molecule has 0 saturated heterocycles. The highest BCUT2D eigenvalue weighted by molar-refractivity contribution is 9.10. The average Bonchev–Trinajstić information content (AvgIpc) is 2.81. The summed E-state index contributed by atoms with van der Waals surface area (Å²) in [7, 11) is 0. The molecule has 1 aromatic heterocycles. The average molecular weight is 490 g/mol. The first-order chi connectivity index (χ1) is 15.1. The third-order valence-electron chi connectivity index (χ3n) is 4.62. The fourth-order valence-electron chi connectivity index (χ4n) is 3.05. The van der Waals surface area contributed by atoms with E-state index >= 15 is 0 Å². The van der Waals surface area contributed by atoms with Crippen molar-refractivity contribution in [1.29, 1.82) is 0 Å². The number of thioether (sulfide) groups is 1. The van der Waals surface area contributed by atoms with Crippen LogP contribution in [-0.4, -0.2) is 21.6 Å². The molecule has 4 aromatic rings. The zero-order valence-corrected chi connectivity index (χ0v) is 19.3. The summed E-state index contributed by atoms with van der Waals surface area (Å²) in [6, 6.07) is 27.7. The Labute approximate surface area is 194 Å². The maximum absolute atomic E-state index is 12.5. The molecule has 3 aromatic carbocycles. The van der Waals surface area contributed by atoms with Gasteiger partial charge in [0.25, 0.3) is 0 Å². The lowest BCUT2D eigenvalue weighted by molar-refractivity contribution is -0.113. The normalized spacial score (nSPS) is 10.6. The lowest BCUT2D eigenvalue weighted by Crippen LogP contribution is -2.14. The first kappa shape index (κ1) is 21.3. The minimum absolute atomic E-state index is 0.0957. The lowest BCUT2D eigenvalue weighted by atomic mass is 10.1. The van der Waals surface area contributed by atoms with E-state index in [1.54, 1.807) is 0 Å². The molecule has 0 spiro atoms. The molecule has 1 amide bonds. The van der Waals surface area contributed by atoms with Crippen LogP contribution < -0.4 is 5.32 Å². The van der Waals surface area contributed by atoms with Crippen LogP contribution in [0.2, 0.25) is 0 Å². The van der Waals surface area contributed by atoms with Gasteiger partial charge in [0.1, 0.15) is 0 Å². The van der Waals surface area contributed by atoms with Crippen LogP contribution in [0.4, 0.5) is 5.69 Å². The van der Waals surface area contributed by atoms with Crippen molar-refractivity contribution in [2.24, 2.45) is 0 Å². The van der Waals surface area contributed by atoms with E-state index in [9.17, 15) is 4.79 Å². The van der Waals surface area contributed by atoms with Crippen molar-refractivity contribution in [3.8, 4) is 22.5 Å². The molecule has 0 atom stereocenters. The first-order valence-electron chi connectivity index (χ1n) is 9.77. The summed E-state index contributed by atoms with van der Waals surface area (Å²) in [5, 5.41) is 3.51. The number of nitrogens with zero attached hydrogens (tertiary/aromatic N) is 2. The number of aryl methyl sites for hydroxylation is 1. The quantitative estimate of drug-likeness (QED) is 0.244. The van der Waals surface area contributed by atoms with E-state index in [-0.39, 0.29) is 11.7 Å². The van der Waals surface area contributed by atoms with Crippen molar-refractivity contribution >= 4 is 39.3 Å². The second-order valence-electron chi connectivity index (χ2n) is 6.95. The molecule has 0 bridgehead atoms. The lowest BCUT2D eigenvalue weighted by Gasteiger charge is -2.09. The summed E-state index contributed by atoms with van der Waals surface area (Å²) in [5.74, 6) is 0.128. The third-order valence-corrected chi connectivity index (χ3v) is 6.36. The van der Waals surface area contributed by atoms with Crippen molar-refractivity contribution < 1.29 is 4.79 Å². The highest BCUT2D eigenvalue weighted by Gasteiger charge is 2.11. The van der Waals surface area contributed by atoms with Gasteiger partial charge < -0.3 is 5.32 Å². The number of halogens is 1. The smallest absolute Gasteiger partial charge is 0.234 e. The Morgan fingerprint density at radius 1 is 0.871 bits per heavy atom. The summed E-state index contributed by atoms with van der Waals surface area (Å²) in [5.41, 5.74) is 5.53. The Morgan fingerprint density at radius 2 is 1.45 bits per heavy atom. The van der Waals surface area contributed by atoms with E-state index in [4.69, 9.17) is 9.97 Å². The van der Waals surface area contributed by atoms with Crippen LogP contribution in [0, 0.1) is 6.92 Å². The molecule has 1 heterocycles. The van der Waals surface area contributed by atoms with E-state index in [0.29, 0.717) is 5.16 Å². The van der Waals surface area contributed by atoms with Gasteiger partial charge in [0, 0.05) is 21.3 Å². The van der Waals surface area contributed by atoms with Crippen molar-refractivity contribution in [1.82, 2.24) is 9.97 Å². The largest absolute Gasteiger partial charge is 0.325 e. The van der Waals surface area contributed by atoms with Crippen molar-refractivity contribution in [2.75, 3.05) is 11.1 Å². The van der Waals surface area contributed by atoms with E-state index in [1.165, 1.54) is 11.8 Å². The highest BCUT2D eigenvalue weighted by atomic mass is 79.9. The molecule has 154 valence electrons. The summed E-state index contributed by atoms with van der Waals surface area (Å²) in [6.45, 7) is 1.99. The fraction of sp³-hybridized carbons (Fsp3) is 0.0800. The maximum atomic E-state index is 12.5. The number of amides is 1. The van der Waals surface area contributed by atoms with E-state index in [2.05, 4.69) is 21.2 Å². The van der Waals surface area contributed by atoms with E-state index < -0.39 is 0 Å². The van der Waals surface area contributed by atoms with Crippen LogP contribution in [-0.2, 0) is 4.79 Å². The molecule has 0 aliphatic carbocycles. The van der Waals surface area contributed by atoms with Crippen molar-refractivity contribution in [3.05, 3.63) is 95.0 Å². The summed E-state index contributed by atoms with van der Waals surface area (Å²) >= 11 is 4.80. The van der Waals surface area contributed by atoms with Crippen LogP contribution in [0.5, 0.6) is 0 Å². The Bertz CT molecular complexity index is 1140. The third kappa shape index (κ3) is 5.60. The van der Waals surface area contributed by atoms with E-state index in [0.717, 1.165) is 38.2 Å². The van der Waals surface area contributed by atoms with Crippen molar-refractivity contribution in [3.63, 3.8) is 0 Å². The molecule has 6 heteroatoms. The monoisotopic (exact) mass is 489 g/mol. The van der Waals surface area contributed by atoms with Crippen LogP contribution in [0.15, 0.2) is 94.6 Å². The predicted molar refractivity (Wildman–Crippen MR) is 131 cm³/mol. The van der Waals surface area contributed by atoms with Crippen LogP contribution in [0.25, 0.3) is 22.5 Å². The van der Waals surface area contributed by atoms with Gasteiger partial charge in [0.15, 0.2) is 5.16 Å².